The van der Waals surface area contributed by atoms with Gasteiger partial charge in [-0.1, -0.05) is 72.0 Å². The van der Waals surface area contributed by atoms with E-state index in [9.17, 15) is 13.2 Å². The highest BCUT2D eigenvalue weighted by Gasteiger charge is 2.17. The Bertz CT molecular complexity index is 1620. The fraction of sp³-hybridized carbons (Fsp3) is 0.115. The minimum atomic E-state index is -3.74. The topological polar surface area (TPSA) is 77.4 Å². The Morgan fingerprint density at radius 3 is 2.44 bits per heavy atom. The van der Waals surface area contributed by atoms with Crippen molar-refractivity contribution >= 4 is 42.3 Å². The summed E-state index contributed by atoms with van der Waals surface area (Å²) in [5.41, 5.74) is 1.73. The van der Waals surface area contributed by atoms with Crippen LogP contribution in [-0.4, -0.2) is 26.1 Å². The summed E-state index contributed by atoms with van der Waals surface area (Å²) >= 11 is 1.05. The molecule has 5 rings (SSSR count). The van der Waals surface area contributed by atoms with Gasteiger partial charge in [0.05, 0.1) is 21.7 Å². The quantitative estimate of drug-likeness (QED) is 0.322. The lowest BCUT2D eigenvalue weighted by Gasteiger charge is -2.10. The van der Waals surface area contributed by atoms with E-state index in [-0.39, 0.29) is 22.9 Å². The molecular formula is C26H22N2O4S2. The number of hydrogen-bond donors (Lipinski definition) is 1. The number of thiazole rings is 1. The van der Waals surface area contributed by atoms with Crippen molar-refractivity contribution in [2.75, 3.05) is 13.2 Å². The molecule has 8 heteroatoms. The van der Waals surface area contributed by atoms with Crippen LogP contribution in [-0.2, 0) is 16.6 Å². The molecule has 0 spiro atoms. The molecule has 1 heterocycles. The molecule has 172 valence electrons. The van der Waals surface area contributed by atoms with Crippen molar-refractivity contribution < 1.29 is 13.2 Å². The fourth-order valence-electron chi connectivity index (χ4n) is 3.82. The highest BCUT2D eigenvalue weighted by molar-refractivity contribution is 7.89. The third-order valence-corrected chi connectivity index (χ3v) is 7.92. The molecule has 1 N–H and O–H groups in total. The predicted octanol–water partition coefficient (Wildman–Crippen LogP) is 4.62. The molecule has 4 aromatic carbocycles. The lowest BCUT2D eigenvalue weighted by Crippen LogP contribution is -2.28. The minimum Gasteiger partial charge on any atom is -0.492 e. The first-order chi connectivity index (χ1) is 16.5. The minimum absolute atomic E-state index is 0.120. The van der Waals surface area contributed by atoms with Crippen LogP contribution < -0.4 is 14.3 Å². The van der Waals surface area contributed by atoms with Crippen LogP contribution in [0, 0.1) is 0 Å². The van der Waals surface area contributed by atoms with Crippen molar-refractivity contribution in [1.82, 2.24) is 9.29 Å². The van der Waals surface area contributed by atoms with Crippen molar-refractivity contribution in [2.45, 2.75) is 11.4 Å². The van der Waals surface area contributed by atoms with Gasteiger partial charge in [-0.15, -0.1) is 0 Å². The Kier molecular flexibility index (Phi) is 6.19. The van der Waals surface area contributed by atoms with Crippen LogP contribution in [0.2, 0.25) is 0 Å². The molecule has 5 aromatic rings. The summed E-state index contributed by atoms with van der Waals surface area (Å²) in [7, 11) is -3.74. The van der Waals surface area contributed by atoms with Crippen molar-refractivity contribution in [3.8, 4) is 5.75 Å². The Hall–Kier alpha value is -3.46. The number of sulfonamides is 1. The molecule has 0 aliphatic rings. The van der Waals surface area contributed by atoms with Crippen LogP contribution in [0.3, 0.4) is 0 Å². The summed E-state index contributed by atoms with van der Waals surface area (Å²) < 4.78 is 36.2. The van der Waals surface area contributed by atoms with Gasteiger partial charge in [0.15, 0.2) is 0 Å². The maximum absolute atomic E-state index is 12.8. The van der Waals surface area contributed by atoms with Crippen molar-refractivity contribution in [3.05, 3.63) is 106 Å². The molecule has 0 saturated heterocycles. The zero-order valence-electron chi connectivity index (χ0n) is 18.2. The zero-order valence-corrected chi connectivity index (χ0v) is 19.8. The molecule has 1 aromatic heterocycles. The number of hydrogen-bond acceptors (Lipinski definition) is 5. The first-order valence-electron chi connectivity index (χ1n) is 10.8. The third kappa shape index (κ3) is 4.75. The van der Waals surface area contributed by atoms with E-state index >= 15 is 0 Å². The smallest absolute Gasteiger partial charge is 0.308 e. The standard InChI is InChI=1S/C26H22N2O4S2/c29-26-28(18-19-6-2-1-3-7-19)24-13-12-23(17-25(24)33-26)34(30,31)27-14-15-32-22-11-10-20-8-4-5-9-21(20)16-22/h1-13,16-17,27H,14-15,18H2. The zero-order chi connectivity index (χ0) is 23.5. The largest absolute Gasteiger partial charge is 0.492 e. The van der Waals surface area contributed by atoms with Gasteiger partial charge in [0, 0.05) is 6.54 Å². The normalized spacial score (nSPS) is 11.8. The molecule has 0 bridgehead atoms. The van der Waals surface area contributed by atoms with E-state index in [0.29, 0.717) is 17.0 Å². The number of nitrogens with one attached hydrogen (secondary N) is 1. The molecule has 0 aliphatic carbocycles. The van der Waals surface area contributed by atoms with Gasteiger partial charge < -0.3 is 4.74 Å². The van der Waals surface area contributed by atoms with Gasteiger partial charge in [-0.2, -0.15) is 0 Å². The molecule has 6 nitrogen and oxygen atoms in total. The number of aromatic nitrogens is 1. The van der Waals surface area contributed by atoms with Crippen LogP contribution in [0.15, 0.2) is 101 Å². The van der Waals surface area contributed by atoms with Crippen LogP contribution in [0.1, 0.15) is 5.56 Å². The molecule has 0 amide bonds. The molecule has 34 heavy (non-hydrogen) atoms. The van der Waals surface area contributed by atoms with Crippen molar-refractivity contribution in [3.63, 3.8) is 0 Å². The van der Waals surface area contributed by atoms with Gasteiger partial charge in [0.2, 0.25) is 10.0 Å². The van der Waals surface area contributed by atoms with Gasteiger partial charge in [-0.3, -0.25) is 9.36 Å². The molecule has 0 saturated carbocycles. The van der Waals surface area contributed by atoms with Crippen LogP contribution in [0.5, 0.6) is 5.75 Å². The van der Waals surface area contributed by atoms with Gasteiger partial charge in [-0.05, 0) is 46.7 Å². The van der Waals surface area contributed by atoms with Gasteiger partial charge >= 0.3 is 4.87 Å². The summed E-state index contributed by atoms with van der Waals surface area (Å²) in [6, 6.07) is 28.2. The van der Waals surface area contributed by atoms with E-state index in [0.717, 1.165) is 33.2 Å². The van der Waals surface area contributed by atoms with Crippen LogP contribution in [0.4, 0.5) is 0 Å². The molecule has 0 radical (unpaired) electrons. The first kappa shape index (κ1) is 22.3. The highest BCUT2D eigenvalue weighted by Crippen LogP contribution is 2.23. The number of ether oxygens (including phenoxy) is 1. The molecule has 0 aliphatic heterocycles. The number of nitrogens with zero attached hydrogens (tertiary/aromatic N) is 1. The number of benzene rings is 4. The Morgan fingerprint density at radius 1 is 0.853 bits per heavy atom. The van der Waals surface area contributed by atoms with Gasteiger partial charge in [0.25, 0.3) is 0 Å². The molecular weight excluding hydrogens is 468 g/mol. The second-order valence-corrected chi connectivity index (χ2v) is 10.6. The van der Waals surface area contributed by atoms with Gasteiger partial charge in [-0.25, -0.2) is 13.1 Å². The third-order valence-electron chi connectivity index (χ3n) is 5.52. The van der Waals surface area contributed by atoms with Crippen molar-refractivity contribution in [2.24, 2.45) is 0 Å². The Morgan fingerprint density at radius 2 is 1.62 bits per heavy atom. The van der Waals surface area contributed by atoms with E-state index < -0.39 is 10.0 Å². The van der Waals surface area contributed by atoms with Crippen molar-refractivity contribution in [1.29, 1.82) is 0 Å². The average molecular weight is 491 g/mol. The predicted molar refractivity (Wildman–Crippen MR) is 136 cm³/mol. The lowest BCUT2D eigenvalue weighted by molar-refractivity contribution is 0.323. The van der Waals surface area contributed by atoms with E-state index in [4.69, 9.17) is 4.74 Å². The van der Waals surface area contributed by atoms with E-state index in [1.54, 1.807) is 16.7 Å². The fourth-order valence-corrected chi connectivity index (χ4v) is 5.86. The van der Waals surface area contributed by atoms with Gasteiger partial charge in [0.1, 0.15) is 12.4 Å². The second-order valence-electron chi connectivity index (χ2n) is 7.82. The molecule has 0 fully saturated rings. The monoisotopic (exact) mass is 490 g/mol. The summed E-state index contributed by atoms with van der Waals surface area (Å²) in [5, 5.41) is 2.18. The van der Waals surface area contributed by atoms with E-state index in [1.165, 1.54) is 6.07 Å². The summed E-state index contributed by atoms with van der Waals surface area (Å²) in [5.74, 6) is 0.684. The van der Waals surface area contributed by atoms with Crippen LogP contribution >= 0.6 is 11.3 Å². The summed E-state index contributed by atoms with van der Waals surface area (Å²) in [4.78, 5) is 12.5. The Labute approximate surface area is 201 Å². The summed E-state index contributed by atoms with van der Waals surface area (Å²) in [6.45, 7) is 0.759. The highest BCUT2D eigenvalue weighted by atomic mass is 32.2. The van der Waals surface area contributed by atoms with Crippen LogP contribution in [0.25, 0.3) is 21.0 Å². The molecule has 0 atom stereocenters. The Balaban J connectivity index is 1.26. The maximum Gasteiger partial charge on any atom is 0.308 e. The SMILES string of the molecule is O=c1sc2cc(S(=O)(=O)NCCOc3ccc4ccccc4c3)ccc2n1Cc1ccccc1. The second kappa shape index (κ2) is 9.42. The van der Waals surface area contributed by atoms with E-state index in [1.807, 2.05) is 72.8 Å². The maximum atomic E-state index is 12.8. The average Bonchev–Trinajstić information content (AvgIpc) is 3.16. The number of fused-ring (bicyclic) bond motifs is 2. The van der Waals surface area contributed by atoms with E-state index in [2.05, 4.69) is 4.72 Å². The number of rotatable bonds is 8. The summed E-state index contributed by atoms with van der Waals surface area (Å²) in [6.07, 6.45) is 0. The lowest BCUT2D eigenvalue weighted by atomic mass is 10.1. The molecule has 0 unspecified atom stereocenters. The first-order valence-corrected chi connectivity index (χ1v) is 13.1.